The molecule has 1 saturated heterocycles. The molecule has 0 saturated carbocycles. The molecule has 2 N–H and O–H groups in total. The van der Waals surface area contributed by atoms with E-state index < -0.39 is 38.0 Å². The molecule has 2 aromatic carbocycles. The zero-order valence-electron chi connectivity index (χ0n) is 16.5. The second-order valence-electron chi connectivity index (χ2n) is 7.11. The highest BCUT2D eigenvalue weighted by atomic mass is 32.2. The molecule has 0 bridgehead atoms. The molecule has 1 aliphatic rings. The van der Waals surface area contributed by atoms with Crippen LogP contribution in [0.25, 0.3) is 0 Å². The van der Waals surface area contributed by atoms with E-state index in [-0.39, 0.29) is 36.6 Å². The molecule has 0 aliphatic carbocycles. The molecular weight excluding hydrogens is 415 g/mol. The van der Waals surface area contributed by atoms with Crippen molar-refractivity contribution in [1.29, 1.82) is 0 Å². The monoisotopic (exact) mass is 436 g/mol. The summed E-state index contributed by atoms with van der Waals surface area (Å²) < 4.78 is 41.0. The van der Waals surface area contributed by atoms with Gasteiger partial charge in [0.15, 0.2) is 0 Å². The summed E-state index contributed by atoms with van der Waals surface area (Å²) >= 11 is 0. The third kappa shape index (κ3) is 3.98. The predicted octanol–water partition coefficient (Wildman–Crippen LogP) is 2.08. The third-order valence-corrected chi connectivity index (χ3v) is 7.08. The zero-order chi connectivity index (χ0) is 22.2. The predicted molar refractivity (Wildman–Crippen MR) is 108 cm³/mol. The molecule has 0 atom stereocenters. The van der Waals surface area contributed by atoms with Gasteiger partial charge in [0.05, 0.1) is 21.4 Å². The van der Waals surface area contributed by atoms with Crippen molar-refractivity contribution in [2.24, 2.45) is 0 Å². The first kappa shape index (κ1) is 21.7. The Morgan fingerprint density at radius 1 is 1.13 bits per heavy atom. The topological polar surface area (TPSA) is 127 Å². The number of aryl methyl sites for hydroxylation is 2. The Labute approximate surface area is 173 Å². The summed E-state index contributed by atoms with van der Waals surface area (Å²) in [6.45, 7) is 3.69. The molecular formula is C19H21FN4O5S. The molecule has 0 spiro atoms. The van der Waals surface area contributed by atoms with Crippen LogP contribution in [0.15, 0.2) is 35.2 Å². The number of piperazine rings is 1. The van der Waals surface area contributed by atoms with E-state index >= 15 is 0 Å². The lowest BCUT2D eigenvalue weighted by molar-refractivity contribution is -0.384. The minimum Gasteiger partial charge on any atom is -0.393 e. The number of anilines is 1. The van der Waals surface area contributed by atoms with E-state index in [1.807, 2.05) is 6.07 Å². The number of carbonyl (C=O) groups excluding carboxylic acids is 1. The quantitative estimate of drug-likeness (QED) is 0.444. The van der Waals surface area contributed by atoms with Crippen molar-refractivity contribution in [2.45, 2.75) is 18.7 Å². The smallest absolute Gasteiger partial charge is 0.295 e. The standard InChI is InChI=1S/C19H21FN4O5S/c1-12-3-4-13(2)17(9-12)30(28,29)23-7-5-22(6-8-23)19(25)15-10-14(20)11-16(18(15)21)24(26)27/h3-4,9-11H,5-8,21H2,1-2H3. The molecule has 160 valence electrons. The van der Waals surface area contributed by atoms with Gasteiger partial charge in [-0.15, -0.1) is 0 Å². The first-order chi connectivity index (χ1) is 14.0. The SMILES string of the molecule is Cc1ccc(C)c(S(=O)(=O)N2CCN(C(=O)c3cc(F)cc([N+](=O)[O-])c3N)CC2)c1. The van der Waals surface area contributed by atoms with Crippen LogP contribution in [0.4, 0.5) is 15.8 Å². The number of carbonyl (C=O) groups is 1. The van der Waals surface area contributed by atoms with Gasteiger partial charge in [-0.3, -0.25) is 14.9 Å². The van der Waals surface area contributed by atoms with E-state index in [2.05, 4.69) is 0 Å². The van der Waals surface area contributed by atoms with E-state index in [0.29, 0.717) is 11.6 Å². The van der Waals surface area contributed by atoms with Crippen LogP contribution >= 0.6 is 0 Å². The fourth-order valence-corrected chi connectivity index (χ4v) is 5.09. The van der Waals surface area contributed by atoms with Crippen LogP contribution in [0.1, 0.15) is 21.5 Å². The minimum atomic E-state index is -3.74. The van der Waals surface area contributed by atoms with Gasteiger partial charge in [-0.05, 0) is 37.1 Å². The molecule has 0 aromatic heterocycles. The molecule has 1 heterocycles. The Balaban J connectivity index is 1.80. The van der Waals surface area contributed by atoms with E-state index in [4.69, 9.17) is 5.73 Å². The summed E-state index contributed by atoms with van der Waals surface area (Å²) in [4.78, 5) is 24.5. The average molecular weight is 436 g/mol. The Bertz CT molecular complexity index is 1130. The van der Waals surface area contributed by atoms with Crippen LogP contribution in [0, 0.1) is 29.8 Å². The van der Waals surface area contributed by atoms with Gasteiger partial charge in [0, 0.05) is 26.2 Å². The van der Waals surface area contributed by atoms with Crippen LogP contribution in [-0.4, -0.2) is 54.6 Å². The van der Waals surface area contributed by atoms with Gasteiger partial charge in [-0.1, -0.05) is 12.1 Å². The number of rotatable bonds is 4. The van der Waals surface area contributed by atoms with Gasteiger partial charge >= 0.3 is 0 Å². The van der Waals surface area contributed by atoms with Gasteiger partial charge in [-0.25, -0.2) is 12.8 Å². The minimum absolute atomic E-state index is 0.0404. The maximum Gasteiger partial charge on any atom is 0.295 e. The number of sulfonamides is 1. The molecule has 1 fully saturated rings. The van der Waals surface area contributed by atoms with Crippen LogP contribution in [0.2, 0.25) is 0 Å². The van der Waals surface area contributed by atoms with Gasteiger partial charge in [0.1, 0.15) is 11.5 Å². The van der Waals surface area contributed by atoms with Crippen molar-refractivity contribution in [3.05, 3.63) is 63.0 Å². The molecule has 1 aliphatic heterocycles. The zero-order valence-corrected chi connectivity index (χ0v) is 17.3. The molecule has 9 nitrogen and oxygen atoms in total. The Morgan fingerprint density at radius 3 is 2.37 bits per heavy atom. The largest absolute Gasteiger partial charge is 0.393 e. The van der Waals surface area contributed by atoms with E-state index in [1.54, 1.807) is 26.0 Å². The average Bonchev–Trinajstić information content (AvgIpc) is 2.70. The molecule has 2 aromatic rings. The van der Waals surface area contributed by atoms with E-state index in [9.17, 15) is 27.7 Å². The maximum absolute atomic E-state index is 13.8. The van der Waals surface area contributed by atoms with Crippen molar-refractivity contribution in [3.63, 3.8) is 0 Å². The van der Waals surface area contributed by atoms with Crippen molar-refractivity contribution < 1.29 is 22.5 Å². The first-order valence-electron chi connectivity index (χ1n) is 9.12. The molecule has 1 amide bonds. The summed E-state index contributed by atoms with van der Waals surface area (Å²) in [6.07, 6.45) is 0. The fraction of sp³-hybridized carbons (Fsp3) is 0.316. The summed E-state index contributed by atoms with van der Waals surface area (Å²) in [5, 5.41) is 11.0. The number of nitro groups is 1. The molecule has 11 heteroatoms. The van der Waals surface area contributed by atoms with Crippen molar-refractivity contribution >= 4 is 27.3 Å². The highest BCUT2D eigenvalue weighted by Gasteiger charge is 2.33. The summed E-state index contributed by atoms with van der Waals surface area (Å²) in [5.41, 5.74) is 5.72. The Kier molecular flexibility index (Phi) is 5.77. The van der Waals surface area contributed by atoms with Crippen molar-refractivity contribution in [3.8, 4) is 0 Å². The molecule has 3 rings (SSSR count). The number of nitrogens with zero attached hydrogens (tertiary/aromatic N) is 3. The van der Waals surface area contributed by atoms with Gasteiger partial charge in [0.2, 0.25) is 10.0 Å². The second-order valence-corrected chi connectivity index (χ2v) is 9.01. The fourth-order valence-electron chi connectivity index (χ4n) is 3.36. The van der Waals surface area contributed by atoms with Crippen LogP contribution in [0.5, 0.6) is 0 Å². The molecule has 0 radical (unpaired) electrons. The number of amides is 1. The normalized spacial score (nSPS) is 15.2. The summed E-state index contributed by atoms with van der Waals surface area (Å²) in [6, 6.07) is 6.68. The number of halogens is 1. The number of hydrogen-bond donors (Lipinski definition) is 1. The van der Waals surface area contributed by atoms with Gasteiger partial charge < -0.3 is 10.6 Å². The number of benzene rings is 2. The second kappa shape index (κ2) is 8.00. The van der Waals surface area contributed by atoms with Crippen LogP contribution < -0.4 is 5.73 Å². The Morgan fingerprint density at radius 2 is 1.77 bits per heavy atom. The van der Waals surface area contributed by atoms with Gasteiger partial charge in [0.25, 0.3) is 11.6 Å². The number of nitrogens with two attached hydrogens (primary N) is 1. The third-order valence-electron chi connectivity index (χ3n) is 5.04. The first-order valence-corrected chi connectivity index (χ1v) is 10.6. The lowest BCUT2D eigenvalue weighted by Crippen LogP contribution is -2.50. The summed E-state index contributed by atoms with van der Waals surface area (Å²) in [7, 11) is -3.74. The number of nitrogen functional groups attached to an aromatic ring is 1. The summed E-state index contributed by atoms with van der Waals surface area (Å²) in [5.74, 6) is -1.63. The lowest BCUT2D eigenvalue weighted by Gasteiger charge is -2.34. The van der Waals surface area contributed by atoms with Crippen LogP contribution in [0.3, 0.4) is 0 Å². The highest BCUT2D eigenvalue weighted by molar-refractivity contribution is 7.89. The molecule has 30 heavy (non-hydrogen) atoms. The highest BCUT2D eigenvalue weighted by Crippen LogP contribution is 2.28. The van der Waals surface area contributed by atoms with Crippen molar-refractivity contribution in [2.75, 3.05) is 31.9 Å². The molecule has 0 unspecified atom stereocenters. The van der Waals surface area contributed by atoms with E-state index in [0.717, 1.165) is 11.6 Å². The van der Waals surface area contributed by atoms with E-state index in [1.165, 1.54) is 9.21 Å². The lowest BCUT2D eigenvalue weighted by atomic mass is 10.1. The number of nitro benzene ring substituents is 1. The van der Waals surface area contributed by atoms with Crippen molar-refractivity contribution in [1.82, 2.24) is 9.21 Å². The number of hydrogen-bond acceptors (Lipinski definition) is 6. The Hall–Kier alpha value is -3.05. The van der Waals surface area contributed by atoms with Crippen LogP contribution in [-0.2, 0) is 10.0 Å². The van der Waals surface area contributed by atoms with Gasteiger partial charge in [-0.2, -0.15) is 4.31 Å². The maximum atomic E-state index is 13.8.